The number of halogens is 1. The third-order valence-corrected chi connectivity index (χ3v) is 5.26. The molecule has 3 heterocycles. The summed E-state index contributed by atoms with van der Waals surface area (Å²) in [6.07, 6.45) is 4.82. The highest BCUT2D eigenvalue weighted by Gasteiger charge is 2.34. The molecule has 1 aliphatic rings. The Morgan fingerprint density at radius 1 is 1.22 bits per heavy atom. The smallest absolute Gasteiger partial charge is 0.227 e. The second-order valence-electron chi connectivity index (χ2n) is 6.62. The molecule has 138 valence electrons. The van der Waals surface area contributed by atoms with E-state index < -0.39 is 0 Å². The van der Waals surface area contributed by atoms with E-state index in [1.54, 1.807) is 4.90 Å². The third-order valence-electron chi connectivity index (χ3n) is 4.73. The van der Waals surface area contributed by atoms with Crippen molar-refractivity contribution in [3.05, 3.63) is 65.0 Å². The van der Waals surface area contributed by atoms with Crippen LogP contribution in [0.15, 0.2) is 59.3 Å². The molecule has 3 aromatic rings. The number of nitrogens with one attached hydrogen (secondary N) is 1. The highest BCUT2D eigenvalue weighted by atomic mass is 79.9. The van der Waals surface area contributed by atoms with Crippen LogP contribution < -0.4 is 10.2 Å². The van der Waals surface area contributed by atoms with Gasteiger partial charge >= 0.3 is 0 Å². The fourth-order valence-electron chi connectivity index (χ4n) is 3.32. The number of benzene rings is 1. The highest BCUT2D eigenvalue weighted by Crippen LogP contribution is 2.26. The number of rotatable bonds is 5. The molecule has 27 heavy (non-hydrogen) atoms. The molecule has 1 fully saturated rings. The zero-order valence-electron chi connectivity index (χ0n) is 14.6. The van der Waals surface area contributed by atoms with E-state index in [0.29, 0.717) is 19.5 Å². The molecule has 1 aliphatic heterocycles. The molecular formula is C20H19BrN4O2. The van der Waals surface area contributed by atoms with Gasteiger partial charge in [0.25, 0.3) is 0 Å². The van der Waals surface area contributed by atoms with Crippen molar-refractivity contribution in [3.63, 3.8) is 0 Å². The molecular weight excluding hydrogens is 408 g/mol. The Labute approximate surface area is 165 Å². The van der Waals surface area contributed by atoms with E-state index in [9.17, 15) is 9.59 Å². The Morgan fingerprint density at radius 2 is 2.04 bits per heavy atom. The molecule has 4 rings (SSSR count). The minimum Gasteiger partial charge on any atom is -0.355 e. The lowest BCUT2D eigenvalue weighted by atomic mass is 10.1. The zero-order chi connectivity index (χ0) is 18.8. The van der Waals surface area contributed by atoms with Crippen LogP contribution in [0.25, 0.3) is 5.65 Å². The molecule has 2 aromatic heterocycles. The molecule has 1 N–H and O–H groups in total. The number of carbonyl (C=O) groups excluding carboxylic acids is 2. The van der Waals surface area contributed by atoms with Gasteiger partial charge in [0.2, 0.25) is 11.8 Å². The maximum absolute atomic E-state index is 12.5. The Morgan fingerprint density at radius 3 is 2.81 bits per heavy atom. The molecule has 0 spiro atoms. The maximum Gasteiger partial charge on any atom is 0.227 e. The molecule has 0 bridgehead atoms. The van der Waals surface area contributed by atoms with Crippen molar-refractivity contribution >= 4 is 39.1 Å². The van der Waals surface area contributed by atoms with Gasteiger partial charge in [-0.25, -0.2) is 4.98 Å². The van der Waals surface area contributed by atoms with Crippen molar-refractivity contribution < 1.29 is 9.59 Å². The van der Waals surface area contributed by atoms with Crippen LogP contribution in [0.2, 0.25) is 0 Å². The standard InChI is InChI=1S/C20H19BrN4O2/c21-15-4-6-17(7-5-15)25-12-14(11-19(25)26)20(27)22-9-8-16-13-24-10-2-1-3-18(24)23-16/h1-7,10,13-14H,8-9,11-12H2,(H,22,27)/t14-/m1/s1. The number of nitrogens with zero attached hydrogens (tertiary/aromatic N) is 3. The number of imidazole rings is 1. The summed E-state index contributed by atoms with van der Waals surface area (Å²) in [5, 5.41) is 2.94. The summed E-state index contributed by atoms with van der Waals surface area (Å²) < 4.78 is 2.92. The Hall–Kier alpha value is -2.67. The van der Waals surface area contributed by atoms with Gasteiger partial charge in [0.15, 0.2) is 0 Å². The van der Waals surface area contributed by atoms with Crippen molar-refractivity contribution in [1.29, 1.82) is 0 Å². The summed E-state index contributed by atoms with van der Waals surface area (Å²) in [7, 11) is 0. The Balaban J connectivity index is 1.32. The predicted molar refractivity (Wildman–Crippen MR) is 107 cm³/mol. The Kier molecular flexibility index (Phi) is 4.94. The van der Waals surface area contributed by atoms with Gasteiger partial charge in [0.05, 0.1) is 11.6 Å². The maximum atomic E-state index is 12.5. The average molecular weight is 427 g/mol. The van der Waals surface area contributed by atoms with Crippen LogP contribution in [0, 0.1) is 5.92 Å². The SMILES string of the molecule is O=C(NCCc1cn2ccccc2n1)[C@@H]1CC(=O)N(c2ccc(Br)cc2)C1. The molecule has 1 atom stereocenters. The quantitative estimate of drug-likeness (QED) is 0.681. The largest absolute Gasteiger partial charge is 0.355 e. The van der Waals surface area contributed by atoms with Crippen molar-refractivity contribution in [2.45, 2.75) is 12.8 Å². The van der Waals surface area contributed by atoms with E-state index in [1.807, 2.05) is 59.3 Å². The van der Waals surface area contributed by atoms with Crippen molar-refractivity contribution in [2.75, 3.05) is 18.0 Å². The number of anilines is 1. The van der Waals surface area contributed by atoms with E-state index in [1.165, 1.54) is 0 Å². The van der Waals surface area contributed by atoms with Crippen LogP contribution in [0.1, 0.15) is 12.1 Å². The molecule has 0 saturated carbocycles. The summed E-state index contributed by atoms with van der Waals surface area (Å²) in [6, 6.07) is 13.4. The fourth-order valence-corrected chi connectivity index (χ4v) is 3.58. The number of fused-ring (bicyclic) bond motifs is 1. The second kappa shape index (κ2) is 7.52. The summed E-state index contributed by atoms with van der Waals surface area (Å²) in [6.45, 7) is 0.923. The van der Waals surface area contributed by atoms with Crippen molar-refractivity contribution in [3.8, 4) is 0 Å². The van der Waals surface area contributed by atoms with Gasteiger partial charge in [-0.15, -0.1) is 0 Å². The van der Waals surface area contributed by atoms with E-state index >= 15 is 0 Å². The molecule has 1 aromatic carbocycles. The van der Waals surface area contributed by atoms with Crippen molar-refractivity contribution in [2.24, 2.45) is 5.92 Å². The first-order valence-electron chi connectivity index (χ1n) is 8.86. The number of carbonyl (C=O) groups is 2. The third kappa shape index (κ3) is 3.88. The predicted octanol–water partition coefficient (Wildman–Crippen LogP) is 2.81. The zero-order valence-corrected chi connectivity index (χ0v) is 16.2. The number of hydrogen-bond acceptors (Lipinski definition) is 3. The van der Waals surface area contributed by atoms with E-state index in [2.05, 4.69) is 26.2 Å². The van der Waals surface area contributed by atoms with Gasteiger partial charge in [-0.2, -0.15) is 0 Å². The van der Waals surface area contributed by atoms with Gasteiger partial charge < -0.3 is 14.6 Å². The lowest BCUT2D eigenvalue weighted by Crippen LogP contribution is -2.34. The highest BCUT2D eigenvalue weighted by molar-refractivity contribution is 9.10. The molecule has 0 unspecified atom stereocenters. The molecule has 6 nitrogen and oxygen atoms in total. The lowest BCUT2D eigenvalue weighted by Gasteiger charge is -2.16. The van der Waals surface area contributed by atoms with Gasteiger partial charge in [-0.3, -0.25) is 9.59 Å². The first-order valence-corrected chi connectivity index (χ1v) is 9.66. The summed E-state index contributed by atoms with van der Waals surface area (Å²) in [5.74, 6) is -0.410. The monoisotopic (exact) mass is 426 g/mol. The van der Waals surface area contributed by atoms with E-state index in [-0.39, 0.29) is 24.2 Å². The van der Waals surface area contributed by atoms with Crippen LogP contribution in [-0.2, 0) is 16.0 Å². The minimum atomic E-state index is -0.317. The molecule has 0 radical (unpaired) electrons. The lowest BCUT2D eigenvalue weighted by molar-refractivity contribution is -0.126. The topological polar surface area (TPSA) is 66.7 Å². The molecule has 2 amide bonds. The van der Waals surface area contributed by atoms with Gasteiger partial charge in [0.1, 0.15) is 5.65 Å². The van der Waals surface area contributed by atoms with Crippen LogP contribution in [-0.4, -0.2) is 34.3 Å². The number of pyridine rings is 1. The van der Waals surface area contributed by atoms with Crippen LogP contribution >= 0.6 is 15.9 Å². The van der Waals surface area contributed by atoms with E-state index in [0.717, 1.165) is 21.5 Å². The normalized spacial score (nSPS) is 16.9. The Bertz CT molecular complexity index is 950. The van der Waals surface area contributed by atoms with Crippen LogP contribution in [0.5, 0.6) is 0 Å². The van der Waals surface area contributed by atoms with Crippen molar-refractivity contribution in [1.82, 2.24) is 14.7 Å². The first-order chi connectivity index (χ1) is 13.1. The minimum absolute atomic E-state index is 0.0159. The number of amides is 2. The van der Waals surface area contributed by atoms with E-state index in [4.69, 9.17) is 0 Å². The number of hydrogen-bond donors (Lipinski definition) is 1. The van der Waals surface area contributed by atoms with Gasteiger partial charge in [0, 0.05) is 48.5 Å². The molecule has 7 heteroatoms. The summed E-state index contributed by atoms with van der Waals surface area (Å²) in [4.78, 5) is 31.0. The first kappa shape index (κ1) is 17.7. The fraction of sp³-hybridized carbons (Fsp3) is 0.250. The average Bonchev–Trinajstić information content (AvgIpc) is 3.25. The summed E-state index contributed by atoms with van der Waals surface area (Å²) in [5.41, 5.74) is 2.65. The number of aromatic nitrogens is 2. The van der Waals surface area contributed by atoms with Crippen LogP contribution in [0.3, 0.4) is 0 Å². The molecule has 0 aliphatic carbocycles. The molecule has 1 saturated heterocycles. The van der Waals surface area contributed by atoms with Gasteiger partial charge in [-0.05, 0) is 36.4 Å². The van der Waals surface area contributed by atoms with Crippen LogP contribution in [0.4, 0.5) is 5.69 Å². The second-order valence-corrected chi connectivity index (χ2v) is 7.54. The van der Waals surface area contributed by atoms with Gasteiger partial charge in [-0.1, -0.05) is 22.0 Å². The summed E-state index contributed by atoms with van der Waals surface area (Å²) >= 11 is 3.39.